The van der Waals surface area contributed by atoms with Gasteiger partial charge in [-0.15, -0.1) is 5.10 Å². The Bertz CT molecular complexity index is 1440. The van der Waals surface area contributed by atoms with Crippen molar-refractivity contribution in [2.75, 3.05) is 18.4 Å². The molecular formula is C27H29F3N6O3. The molecule has 0 aliphatic carbocycles. The van der Waals surface area contributed by atoms with E-state index in [-0.39, 0.29) is 12.7 Å². The van der Waals surface area contributed by atoms with Crippen LogP contribution >= 0.6 is 0 Å². The normalized spacial score (nSPS) is 15.1. The van der Waals surface area contributed by atoms with Crippen LogP contribution < -0.4 is 5.32 Å². The van der Waals surface area contributed by atoms with E-state index in [2.05, 4.69) is 20.5 Å². The van der Waals surface area contributed by atoms with Gasteiger partial charge in [0.15, 0.2) is 0 Å². The van der Waals surface area contributed by atoms with Crippen molar-refractivity contribution >= 4 is 22.7 Å². The summed E-state index contributed by atoms with van der Waals surface area (Å²) >= 11 is 0. The number of alkyl halides is 3. The van der Waals surface area contributed by atoms with Crippen molar-refractivity contribution in [3.05, 3.63) is 71.7 Å². The summed E-state index contributed by atoms with van der Waals surface area (Å²) in [5, 5.41) is 21.8. The fourth-order valence-corrected chi connectivity index (χ4v) is 4.68. The number of hydrogen-bond acceptors (Lipinski definition) is 6. The van der Waals surface area contributed by atoms with Gasteiger partial charge < -0.3 is 14.4 Å². The largest absolute Gasteiger partial charge is 0.444 e. The standard InChI is InChI=1S/C27H29F3N6O3/c1-2-35-16-24(31-26(38)39-17-18-3-5-19(6-4-18)27(28,29)30)23-13-21(7-8-25(23)35)36-15-20(32-33-36)14-34-11-9-22(37)10-12-34/h3-8,13,15-16,22,37H,2,9-12,14,17H2,1H3,(H,31,38). The number of halogens is 3. The Morgan fingerprint density at radius 1 is 1.13 bits per heavy atom. The fraction of sp³-hybridized carbons (Fsp3) is 0.370. The zero-order chi connectivity index (χ0) is 27.6. The second-order valence-corrected chi connectivity index (χ2v) is 9.59. The van der Waals surface area contributed by atoms with Crippen LogP contribution in [0.15, 0.2) is 54.9 Å². The van der Waals surface area contributed by atoms with E-state index in [1.165, 1.54) is 12.1 Å². The summed E-state index contributed by atoms with van der Waals surface area (Å²) in [5.41, 5.74) is 2.72. The molecule has 39 heavy (non-hydrogen) atoms. The van der Waals surface area contributed by atoms with Crippen molar-refractivity contribution in [2.45, 2.75) is 51.7 Å². The smallest absolute Gasteiger partial charge is 0.416 e. The Balaban J connectivity index is 1.28. The van der Waals surface area contributed by atoms with Crippen molar-refractivity contribution in [3.8, 4) is 5.69 Å². The molecular weight excluding hydrogens is 513 g/mol. The number of aryl methyl sites for hydroxylation is 1. The fourth-order valence-electron chi connectivity index (χ4n) is 4.68. The van der Waals surface area contributed by atoms with Gasteiger partial charge in [0.2, 0.25) is 0 Å². The first-order valence-corrected chi connectivity index (χ1v) is 12.7. The second-order valence-electron chi connectivity index (χ2n) is 9.59. The van der Waals surface area contributed by atoms with Gasteiger partial charge in [-0.05, 0) is 55.7 Å². The number of ether oxygens (including phenoxy) is 1. The van der Waals surface area contributed by atoms with Crippen molar-refractivity contribution in [1.82, 2.24) is 24.5 Å². The summed E-state index contributed by atoms with van der Waals surface area (Å²) in [4.78, 5) is 14.8. The predicted molar refractivity (Wildman–Crippen MR) is 138 cm³/mol. The highest BCUT2D eigenvalue weighted by Gasteiger charge is 2.30. The van der Waals surface area contributed by atoms with E-state index in [0.717, 1.165) is 60.3 Å². The molecule has 1 amide bonds. The zero-order valence-electron chi connectivity index (χ0n) is 21.4. The average molecular weight is 543 g/mol. The maximum absolute atomic E-state index is 12.8. The van der Waals surface area contributed by atoms with Crippen LogP contribution in [-0.4, -0.2) is 54.9 Å². The van der Waals surface area contributed by atoms with Gasteiger partial charge in [-0.1, -0.05) is 17.3 Å². The molecule has 12 heteroatoms. The van der Waals surface area contributed by atoms with Crippen molar-refractivity contribution in [1.29, 1.82) is 0 Å². The van der Waals surface area contributed by atoms with Crippen LogP contribution in [0.25, 0.3) is 16.6 Å². The molecule has 2 aromatic heterocycles. The van der Waals surface area contributed by atoms with Gasteiger partial charge >= 0.3 is 12.3 Å². The number of carbonyl (C=O) groups excluding carboxylic acids is 1. The van der Waals surface area contributed by atoms with Crippen LogP contribution in [0.1, 0.15) is 36.6 Å². The topological polar surface area (TPSA) is 97.4 Å². The minimum atomic E-state index is -4.42. The highest BCUT2D eigenvalue weighted by Crippen LogP contribution is 2.30. The highest BCUT2D eigenvalue weighted by molar-refractivity contribution is 6.00. The number of rotatable bonds is 7. The SMILES string of the molecule is CCn1cc(NC(=O)OCc2ccc(C(F)(F)F)cc2)c2cc(-n3cc(CN4CCC(O)CC4)nn3)ccc21. The van der Waals surface area contributed by atoms with Gasteiger partial charge in [0.05, 0.1) is 40.4 Å². The van der Waals surface area contributed by atoms with Gasteiger partial charge in [-0.3, -0.25) is 10.2 Å². The van der Waals surface area contributed by atoms with E-state index < -0.39 is 17.8 Å². The highest BCUT2D eigenvalue weighted by atomic mass is 19.4. The van der Waals surface area contributed by atoms with Crippen LogP contribution in [0, 0.1) is 0 Å². The van der Waals surface area contributed by atoms with E-state index in [9.17, 15) is 23.1 Å². The molecule has 206 valence electrons. The van der Waals surface area contributed by atoms with Crippen LogP contribution in [0.2, 0.25) is 0 Å². The Hall–Kier alpha value is -3.90. The summed E-state index contributed by atoms with van der Waals surface area (Å²) in [6, 6.07) is 10.3. The summed E-state index contributed by atoms with van der Waals surface area (Å²) in [6.07, 6.45) is -0.188. The van der Waals surface area contributed by atoms with Crippen molar-refractivity contribution in [2.24, 2.45) is 0 Å². The van der Waals surface area contributed by atoms with E-state index in [1.54, 1.807) is 4.68 Å². The van der Waals surface area contributed by atoms with Gasteiger partial charge in [-0.25, -0.2) is 9.48 Å². The molecule has 1 fully saturated rings. The quantitative estimate of drug-likeness (QED) is 0.343. The molecule has 2 N–H and O–H groups in total. The van der Waals surface area contributed by atoms with Crippen molar-refractivity contribution < 1.29 is 27.8 Å². The minimum Gasteiger partial charge on any atom is -0.444 e. The van der Waals surface area contributed by atoms with Gasteiger partial charge in [0, 0.05) is 37.8 Å². The lowest BCUT2D eigenvalue weighted by molar-refractivity contribution is -0.137. The van der Waals surface area contributed by atoms with E-state index >= 15 is 0 Å². The van der Waals surface area contributed by atoms with Crippen molar-refractivity contribution in [3.63, 3.8) is 0 Å². The number of aliphatic hydroxyl groups excluding tert-OH is 1. The number of nitrogens with zero attached hydrogens (tertiary/aromatic N) is 5. The molecule has 0 atom stereocenters. The summed E-state index contributed by atoms with van der Waals surface area (Å²) in [6.45, 7) is 4.78. The first kappa shape index (κ1) is 26.7. The van der Waals surface area contributed by atoms with E-state index in [0.29, 0.717) is 24.3 Å². The summed E-state index contributed by atoms with van der Waals surface area (Å²) in [5.74, 6) is 0. The third kappa shape index (κ3) is 6.23. The van der Waals surface area contributed by atoms with Crippen LogP contribution in [-0.2, 0) is 30.6 Å². The molecule has 1 saturated heterocycles. The van der Waals surface area contributed by atoms with Crippen LogP contribution in [0.5, 0.6) is 0 Å². The Morgan fingerprint density at radius 2 is 1.87 bits per heavy atom. The number of aromatic nitrogens is 4. The van der Waals surface area contributed by atoms with Gasteiger partial charge in [-0.2, -0.15) is 13.2 Å². The predicted octanol–water partition coefficient (Wildman–Crippen LogP) is 4.97. The maximum atomic E-state index is 12.8. The third-order valence-electron chi connectivity index (χ3n) is 6.84. The number of likely N-dealkylation sites (tertiary alicyclic amines) is 1. The number of aliphatic hydroxyl groups is 1. The molecule has 1 aliphatic rings. The summed E-state index contributed by atoms with van der Waals surface area (Å²) in [7, 11) is 0. The second kappa shape index (κ2) is 11.1. The number of carbonyl (C=O) groups is 1. The molecule has 4 aromatic rings. The Kier molecular flexibility index (Phi) is 7.58. The molecule has 2 aromatic carbocycles. The molecule has 3 heterocycles. The molecule has 0 spiro atoms. The maximum Gasteiger partial charge on any atom is 0.416 e. The van der Waals surface area contributed by atoms with E-state index in [1.807, 2.05) is 42.1 Å². The molecule has 0 radical (unpaired) electrons. The van der Waals surface area contributed by atoms with E-state index in [4.69, 9.17) is 4.74 Å². The van der Waals surface area contributed by atoms with Gasteiger partial charge in [0.25, 0.3) is 0 Å². The average Bonchev–Trinajstić information content (AvgIpc) is 3.53. The number of piperidine rings is 1. The number of fused-ring (bicyclic) bond motifs is 1. The third-order valence-corrected chi connectivity index (χ3v) is 6.84. The minimum absolute atomic E-state index is 0.167. The molecule has 0 unspecified atom stereocenters. The Labute approximate surface area is 222 Å². The molecule has 9 nitrogen and oxygen atoms in total. The molecule has 0 saturated carbocycles. The lowest BCUT2D eigenvalue weighted by atomic mass is 10.1. The van der Waals surface area contributed by atoms with Crippen LogP contribution in [0.4, 0.5) is 23.7 Å². The lowest BCUT2D eigenvalue weighted by Gasteiger charge is -2.28. The molecule has 1 aliphatic heterocycles. The first-order chi connectivity index (χ1) is 18.7. The number of hydrogen-bond donors (Lipinski definition) is 2. The number of benzene rings is 2. The number of nitrogens with one attached hydrogen (secondary N) is 1. The van der Waals surface area contributed by atoms with Gasteiger partial charge in [0.1, 0.15) is 6.61 Å². The first-order valence-electron chi connectivity index (χ1n) is 12.7. The monoisotopic (exact) mass is 542 g/mol. The zero-order valence-corrected chi connectivity index (χ0v) is 21.4. The lowest BCUT2D eigenvalue weighted by Crippen LogP contribution is -2.35. The Morgan fingerprint density at radius 3 is 2.56 bits per heavy atom. The molecule has 5 rings (SSSR count). The summed E-state index contributed by atoms with van der Waals surface area (Å²) < 4.78 is 47.2. The number of anilines is 1. The number of amides is 1. The molecule has 0 bridgehead atoms. The van der Waals surface area contributed by atoms with Crippen LogP contribution in [0.3, 0.4) is 0 Å².